The maximum Gasteiger partial charge on any atom is 0.441 e. The number of hydrogen-bond donors (Lipinski definition) is 2. The smallest absolute Gasteiger partial charge is 0.441 e. The minimum absolute atomic E-state index is 0.0566. The molecule has 8 heteroatoms. The fourth-order valence-corrected chi connectivity index (χ4v) is 1.89. The second-order valence-electron chi connectivity index (χ2n) is 3.92. The van der Waals surface area contributed by atoms with Crippen molar-refractivity contribution in [2.24, 2.45) is 0 Å². The summed E-state index contributed by atoms with van der Waals surface area (Å²) in [5.74, 6) is 0.481. The van der Waals surface area contributed by atoms with Gasteiger partial charge in [-0.05, 0) is 36.0 Å². The molecule has 20 heavy (non-hydrogen) atoms. The molecule has 0 saturated carbocycles. The van der Waals surface area contributed by atoms with Crippen LogP contribution in [-0.4, -0.2) is 42.2 Å². The quantitative estimate of drug-likeness (QED) is 0.720. The highest BCUT2D eigenvalue weighted by Crippen LogP contribution is 2.29. The summed E-state index contributed by atoms with van der Waals surface area (Å²) in [6, 6.07) is 6.66. The highest BCUT2D eigenvalue weighted by atomic mass is 35.5. The van der Waals surface area contributed by atoms with Crippen molar-refractivity contribution in [2.45, 2.75) is 11.6 Å². The van der Waals surface area contributed by atoms with Crippen LogP contribution >= 0.6 is 23.4 Å². The number of benzene rings is 1. The predicted octanol–water partition coefficient (Wildman–Crippen LogP) is 2.92. The van der Waals surface area contributed by atoms with E-state index in [1.165, 1.54) is 0 Å². The molecule has 1 aromatic rings. The van der Waals surface area contributed by atoms with E-state index in [9.17, 15) is 18.3 Å². The number of thioether (sulfide) groups is 1. The maximum absolute atomic E-state index is 11.8. The van der Waals surface area contributed by atoms with Crippen LogP contribution in [0.2, 0.25) is 5.02 Å². The monoisotopic (exact) mass is 329 g/mol. The van der Waals surface area contributed by atoms with E-state index in [-0.39, 0.29) is 37.2 Å². The normalized spacial score (nSPS) is 13.2. The molecule has 0 aliphatic heterocycles. The van der Waals surface area contributed by atoms with Crippen molar-refractivity contribution in [1.29, 1.82) is 0 Å². The zero-order chi connectivity index (χ0) is 15.0. The molecule has 0 aliphatic carbocycles. The van der Waals surface area contributed by atoms with E-state index in [2.05, 4.69) is 5.32 Å². The van der Waals surface area contributed by atoms with Gasteiger partial charge in [-0.15, -0.1) is 0 Å². The van der Waals surface area contributed by atoms with Gasteiger partial charge in [-0.2, -0.15) is 13.2 Å². The first-order chi connectivity index (χ1) is 9.37. The van der Waals surface area contributed by atoms with Crippen molar-refractivity contribution in [1.82, 2.24) is 5.32 Å². The van der Waals surface area contributed by atoms with Crippen molar-refractivity contribution in [3.05, 3.63) is 29.3 Å². The van der Waals surface area contributed by atoms with Crippen molar-refractivity contribution in [3.8, 4) is 5.75 Å². The Morgan fingerprint density at radius 3 is 2.55 bits per heavy atom. The average Bonchev–Trinajstić information content (AvgIpc) is 2.36. The van der Waals surface area contributed by atoms with Gasteiger partial charge >= 0.3 is 5.51 Å². The van der Waals surface area contributed by atoms with Crippen LogP contribution < -0.4 is 10.1 Å². The summed E-state index contributed by atoms with van der Waals surface area (Å²) in [7, 11) is 0. The molecular weight excluding hydrogens is 315 g/mol. The van der Waals surface area contributed by atoms with Gasteiger partial charge in [-0.3, -0.25) is 0 Å². The van der Waals surface area contributed by atoms with Gasteiger partial charge in [0.25, 0.3) is 0 Å². The maximum atomic E-state index is 11.8. The third kappa shape index (κ3) is 8.52. The van der Waals surface area contributed by atoms with E-state index in [4.69, 9.17) is 16.3 Å². The third-order valence-electron chi connectivity index (χ3n) is 2.18. The summed E-state index contributed by atoms with van der Waals surface area (Å²) < 4.78 is 40.8. The van der Waals surface area contributed by atoms with Crippen molar-refractivity contribution >= 4 is 23.4 Å². The van der Waals surface area contributed by atoms with E-state index in [1.54, 1.807) is 24.3 Å². The van der Waals surface area contributed by atoms with E-state index >= 15 is 0 Å². The van der Waals surface area contributed by atoms with Crippen LogP contribution in [0.1, 0.15) is 0 Å². The summed E-state index contributed by atoms with van der Waals surface area (Å²) in [4.78, 5) is 0. The molecule has 1 unspecified atom stereocenters. The second kappa shape index (κ2) is 8.61. The minimum Gasteiger partial charge on any atom is -0.491 e. The van der Waals surface area contributed by atoms with Crippen LogP contribution in [0.4, 0.5) is 13.2 Å². The number of hydrogen-bond acceptors (Lipinski definition) is 4. The van der Waals surface area contributed by atoms with Crippen LogP contribution in [0, 0.1) is 0 Å². The summed E-state index contributed by atoms with van der Waals surface area (Å²) in [5, 5.41) is 12.9. The standard InChI is InChI=1S/C12H15ClF3NO2S/c13-9-1-3-11(4-2-9)19-8-10(18)7-17-5-6-20-12(14,15)16/h1-4,10,17-18H,5-8H2. The minimum atomic E-state index is -4.21. The Kier molecular flexibility index (Phi) is 7.50. The largest absolute Gasteiger partial charge is 0.491 e. The molecule has 0 spiro atoms. The van der Waals surface area contributed by atoms with E-state index in [0.717, 1.165) is 0 Å². The Balaban J connectivity index is 2.08. The van der Waals surface area contributed by atoms with Crippen LogP contribution in [0.5, 0.6) is 5.75 Å². The lowest BCUT2D eigenvalue weighted by Crippen LogP contribution is -2.32. The van der Waals surface area contributed by atoms with Gasteiger partial charge in [0.05, 0.1) is 0 Å². The first-order valence-corrected chi connectivity index (χ1v) is 7.21. The van der Waals surface area contributed by atoms with Gasteiger partial charge in [0.1, 0.15) is 18.5 Å². The lowest BCUT2D eigenvalue weighted by atomic mass is 10.3. The average molecular weight is 330 g/mol. The topological polar surface area (TPSA) is 41.5 Å². The van der Waals surface area contributed by atoms with Crippen LogP contribution in [-0.2, 0) is 0 Å². The zero-order valence-electron chi connectivity index (χ0n) is 10.5. The van der Waals surface area contributed by atoms with Crippen molar-refractivity contribution in [3.63, 3.8) is 0 Å². The molecule has 3 nitrogen and oxygen atoms in total. The Morgan fingerprint density at radius 2 is 1.95 bits per heavy atom. The molecule has 2 N–H and O–H groups in total. The number of nitrogens with one attached hydrogen (secondary N) is 1. The molecule has 1 rings (SSSR count). The molecule has 1 atom stereocenters. The SMILES string of the molecule is OC(CNCCSC(F)(F)F)COc1ccc(Cl)cc1. The Labute approximate surface area is 124 Å². The highest BCUT2D eigenvalue weighted by Gasteiger charge is 2.27. The molecule has 0 fully saturated rings. The van der Waals surface area contributed by atoms with Crippen LogP contribution in [0.25, 0.3) is 0 Å². The summed E-state index contributed by atoms with van der Waals surface area (Å²) >= 11 is 5.62. The molecule has 0 heterocycles. The number of aliphatic hydroxyl groups excluding tert-OH is 1. The predicted molar refractivity (Wildman–Crippen MR) is 74.3 cm³/mol. The number of aliphatic hydroxyl groups is 1. The first-order valence-electron chi connectivity index (χ1n) is 5.84. The molecule has 0 aromatic heterocycles. The van der Waals surface area contributed by atoms with E-state index < -0.39 is 11.6 Å². The third-order valence-corrected chi connectivity index (χ3v) is 3.17. The van der Waals surface area contributed by atoms with Gasteiger partial charge in [-0.1, -0.05) is 11.6 Å². The second-order valence-corrected chi connectivity index (χ2v) is 5.51. The van der Waals surface area contributed by atoms with Crippen molar-refractivity contribution in [2.75, 3.05) is 25.4 Å². The fourth-order valence-electron chi connectivity index (χ4n) is 1.29. The zero-order valence-corrected chi connectivity index (χ0v) is 12.1. The Hall–Kier alpha value is -0.630. The van der Waals surface area contributed by atoms with Crippen LogP contribution in [0.3, 0.4) is 0 Å². The van der Waals surface area contributed by atoms with Gasteiger partial charge < -0.3 is 15.2 Å². The number of ether oxygens (including phenoxy) is 1. The first kappa shape index (κ1) is 17.4. The Morgan fingerprint density at radius 1 is 1.30 bits per heavy atom. The summed E-state index contributed by atoms with van der Waals surface area (Å²) in [5.41, 5.74) is -4.21. The fraction of sp³-hybridized carbons (Fsp3) is 0.500. The molecule has 1 aromatic carbocycles. The van der Waals surface area contributed by atoms with Crippen molar-refractivity contribution < 1.29 is 23.0 Å². The van der Waals surface area contributed by atoms with E-state index in [1.807, 2.05) is 0 Å². The van der Waals surface area contributed by atoms with Gasteiger partial charge in [0.15, 0.2) is 0 Å². The summed E-state index contributed by atoms with van der Waals surface area (Å²) in [6.45, 7) is 0.398. The molecular formula is C12H15ClF3NO2S. The molecule has 0 bridgehead atoms. The summed E-state index contributed by atoms with van der Waals surface area (Å²) in [6.07, 6.45) is -0.790. The van der Waals surface area contributed by atoms with E-state index in [0.29, 0.717) is 10.8 Å². The Bertz CT molecular complexity index is 389. The molecule has 0 aliphatic rings. The highest BCUT2D eigenvalue weighted by molar-refractivity contribution is 8.00. The lowest BCUT2D eigenvalue weighted by Gasteiger charge is -2.13. The molecule has 0 radical (unpaired) electrons. The molecule has 114 valence electrons. The van der Waals surface area contributed by atoms with Gasteiger partial charge in [-0.25, -0.2) is 0 Å². The molecule has 0 amide bonds. The van der Waals surface area contributed by atoms with Crippen LogP contribution in [0.15, 0.2) is 24.3 Å². The number of halogens is 4. The lowest BCUT2D eigenvalue weighted by molar-refractivity contribution is -0.0327. The van der Waals surface area contributed by atoms with Gasteiger partial charge in [0.2, 0.25) is 0 Å². The molecule has 0 saturated heterocycles. The van der Waals surface area contributed by atoms with Gasteiger partial charge in [0, 0.05) is 23.9 Å². The number of alkyl halides is 3. The number of rotatable bonds is 8.